The smallest absolute Gasteiger partial charge is 1.00 e. The molecule has 18 heavy (non-hydrogen) atoms. The number of rotatable bonds is 3. The van der Waals surface area contributed by atoms with Gasteiger partial charge in [-0.25, -0.2) is 0 Å². The van der Waals surface area contributed by atoms with Gasteiger partial charge in [0.15, 0.2) is 0 Å². The predicted molar refractivity (Wildman–Crippen MR) is 53.4 cm³/mol. The standard InChI is InChI=1S/C10H8F3NO3.Li.H/c11-10(12,13)6-2-1-3-7(4-6)14-8(15)5-9(16)17;;/h1-4H,5H2,(H,14,15)(H,16,17);;/q;+1;-1. The minimum Gasteiger partial charge on any atom is -1.00 e. The topological polar surface area (TPSA) is 66.4 Å². The van der Waals surface area contributed by atoms with E-state index in [4.69, 9.17) is 5.11 Å². The Bertz CT molecular complexity index is 454. The first-order valence-electron chi connectivity index (χ1n) is 4.48. The third-order valence-electron chi connectivity index (χ3n) is 1.79. The Morgan fingerprint density at radius 2 is 1.94 bits per heavy atom. The number of carboxylic acid groups (broad SMARTS) is 1. The molecule has 0 fully saturated rings. The van der Waals surface area contributed by atoms with Crippen molar-refractivity contribution in [2.45, 2.75) is 12.6 Å². The number of aliphatic carboxylic acids is 1. The van der Waals surface area contributed by atoms with E-state index < -0.39 is 30.0 Å². The number of hydrogen-bond donors (Lipinski definition) is 2. The van der Waals surface area contributed by atoms with Crippen LogP contribution in [0.5, 0.6) is 0 Å². The number of hydrogen-bond acceptors (Lipinski definition) is 2. The van der Waals surface area contributed by atoms with Gasteiger partial charge in [-0.1, -0.05) is 6.07 Å². The van der Waals surface area contributed by atoms with Crippen molar-refractivity contribution in [2.75, 3.05) is 5.32 Å². The molecule has 1 aromatic carbocycles. The van der Waals surface area contributed by atoms with Gasteiger partial charge in [-0.15, -0.1) is 0 Å². The second-order valence-corrected chi connectivity index (χ2v) is 3.20. The number of carbonyl (C=O) groups is 2. The van der Waals surface area contributed by atoms with Crippen LogP contribution in [0.1, 0.15) is 13.4 Å². The fourth-order valence-corrected chi connectivity index (χ4v) is 1.12. The maximum Gasteiger partial charge on any atom is 1.00 e. The van der Waals surface area contributed by atoms with E-state index in [1.54, 1.807) is 0 Å². The van der Waals surface area contributed by atoms with Crippen LogP contribution in [0.2, 0.25) is 0 Å². The van der Waals surface area contributed by atoms with Crippen LogP contribution in [0.3, 0.4) is 0 Å². The van der Waals surface area contributed by atoms with Gasteiger partial charge in [-0.05, 0) is 18.2 Å². The van der Waals surface area contributed by atoms with Crippen molar-refractivity contribution in [1.82, 2.24) is 0 Å². The average Bonchev–Trinajstić information content (AvgIpc) is 2.15. The number of alkyl halides is 3. The van der Waals surface area contributed by atoms with E-state index in [-0.39, 0.29) is 26.0 Å². The summed E-state index contributed by atoms with van der Waals surface area (Å²) >= 11 is 0. The Labute approximate surface area is 114 Å². The van der Waals surface area contributed by atoms with Crippen LogP contribution in [-0.4, -0.2) is 17.0 Å². The third kappa shape index (κ3) is 5.25. The van der Waals surface area contributed by atoms with E-state index in [1.807, 2.05) is 0 Å². The van der Waals surface area contributed by atoms with Crippen molar-refractivity contribution >= 4 is 17.6 Å². The van der Waals surface area contributed by atoms with Crippen molar-refractivity contribution in [3.63, 3.8) is 0 Å². The largest absolute Gasteiger partial charge is 1.00 e. The van der Waals surface area contributed by atoms with Gasteiger partial charge in [0.25, 0.3) is 0 Å². The maximum atomic E-state index is 12.3. The average molecular weight is 255 g/mol. The van der Waals surface area contributed by atoms with Crippen molar-refractivity contribution in [2.24, 2.45) is 0 Å². The first-order valence-corrected chi connectivity index (χ1v) is 4.48. The molecule has 0 radical (unpaired) electrons. The zero-order chi connectivity index (χ0) is 13.1. The molecule has 0 unspecified atom stereocenters. The number of nitrogens with one attached hydrogen (secondary N) is 1. The second kappa shape index (κ2) is 6.47. The second-order valence-electron chi connectivity index (χ2n) is 3.20. The molecule has 1 rings (SSSR count). The summed E-state index contributed by atoms with van der Waals surface area (Å²) in [5.41, 5.74) is -1.00. The van der Waals surface area contributed by atoms with Crippen LogP contribution in [-0.2, 0) is 15.8 Å². The molecule has 0 aliphatic heterocycles. The number of anilines is 1. The molecule has 0 aliphatic carbocycles. The molecule has 2 N–H and O–H groups in total. The molecule has 0 aliphatic rings. The molecule has 94 valence electrons. The zero-order valence-corrected chi connectivity index (χ0v) is 9.41. The molecule has 0 spiro atoms. The van der Waals surface area contributed by atoms with Gasteiger partial charge in [0.2, 0.25) is 5.91 Å². The van der Waals surface area contributed by atoms with E-state index in [2.05, 4.69) is 5.32 Å². The maximum absolute atomic E-state index is 12.3. The third-order valence-corrected chi connectivity index (χ3v) is 1.79. The summed E-state index contributed by atoms with van der Waals surface area (Å²) < 4.78 is 36.9. The van der Waals surface area contributed by atoms with Crippen molar-refractivity contribution in [1.29, 1.82) is 0 Å². The zero-order valence-electron chi connectivity index (χ0n) is 10.4. The molecule has 1 aromatic rings. The summed E-state index contributed by atoms with van der Waals surface area (Å²) in [6.45, 7) is 0. The van der Waals surface area contributed by atoms with Crippen LogP contribution >= 0.6 is 0 Å². The summed E-state index contributed by atoms with van der Waals surface area (Å²) in [7, 11) is 0. The number of halogens is 3. The van der Waals surface area contributed by atoms with Gasteiger partial charge in [0.05, 0.1) is 5.56 Å². The van der Waals surface area contributed by atoms with E-state index >= 15 is 0 Å². The number of benzene rings is 1. The van der Waals surface area contributed by atoms with Gasteiger partial charge >= 0.3 is 31.0 Å². The molecule has 0 atom stereocenters. The molecule has 0 heterocycles. The van der Waals surface area contributed by atoms with Crippen LogP contribution in [0.15, 0.2) is 24.3 Å². The van der Waals surface area contributed by atoms with Crippen molar-refractivity contribution in [3.05, 3.63) is 29.8 Å². The van der Waals surface area contributed by atoms with Crippen LogP contribution in [0, 0.1) is 0 Å². The van der Waals surface area contributed by atoms with Crippen LogP contribution in [0.4, 0.5) is 18.9 Å². The molecule has 0 saturated carbocycles. The molecule has 0 saturated heterocycles. The van der Waals surface area contributed by atoms with E-state index in [9.17, 15) is 22.8 Å². The molecule has 0 aromatic heterocycles. The van der Waals surface area contributed by atoms with Crippen molar-refractivity contribution < 1.29 is 48.2 Å². The van der Waals surface area contributed by atoms with Gasteiger partial charge in [0.1, 0.15) is 6.42 Å². The van der Waals surface area contributed by atoms with Gasteiger partial charge in [-0.3, -0.25) is 9.59 Å². The quantitative estimate of drug-likeness (QED) is 0.551. The number of carboxylic acids is 1. The summed E-state index contributed by atoms with van der Waals surface area (Å²) in [5.74, 6) is -2.23. The van der Waals surface area contributed by atoms with E-state index in [1.165, 1.54) is 6.07 Å². The Morgan fingerprint density at radius 1 is 1.33 bits per heavy atom. The molecular formula is C10H9F3LiNO3. The van der Waals surface area contributed by atoms with Crippen molar-refractivity contribution in [3.8, 4) is 0 Å². The Kier molecular flexibility index (Phi) is 5.95. The van der Waals surface area contributed by atoms with Gasteiger partial charge in [-0.2, -0.15) is 13.2 Å². The van der Waals surface area contributed by atoms with E-state index in [0.717, 1.165) is 18.2 Å². The molecule has 1 amide bonds. The number of amides is 1. The van der Waals surface area contributed by atoms with Crippen LogP contribution < -0.4 is 24.2 Å². The van der Waals surface area contributed by atoms with Gasteiger partial charge in [0, 0.05) is 5.69 Å². The monoisotopic (exact) mass is 255 g/mol. The summed E-state index contributed by atoms with van der Waals surface area (Å²) in [6.07, 6.45) is -5.30. The first-order chi connectivity index (χ1) is 7.79. The molecule has 0 bridgehead atoms. The Hall–Kier alpha value is -1.45. The minimum atomic E-state index is -4.51. The summed E-state index contributed by atoms with van der Waals surface area (Å²) in [5, 5.41) is 10.4. The predicted octanol–water partition coefficient (Wildman–Crippen LogP) is -0.765. The van der Waals surface area contributed by atoms with E-state index in [0.29, 0.717) is 0 Å². The first kappa shape index (κ1) is 16.5. The van der Waals surface area contributed by atoms with Crippen LogP contribution in [0.25, 0.3) is 0 Å². The van der Waals surface area contributed by atoms with Gasteiger partial charge < -0.3 is 11.8 Å². The summed E-state index contributed by atoms with van der Waals surface area (Å²) in [4.78, 5) is 21.2. The Balaban J connectivity index is 0. The number of carbonyl (C=O) groups excluding carboxylic acids is 1. The SMILES string of the molecule is O=C(O)CC(=O)Nc1cccc(C(F)(F)F)c1.[H-].[Li+]. The Morgan fingerprint density at radius 3 is 2.44 bits per heavy atom. The normalized spacial score (nSPS) is 10.4. The molecule has 4 nitrogen and oxygen atoms in total. The fraction of sp³-hybridized carbons (Fsp3) is 0.200. The summed E-state index contributed by atoms with van der Waals surface area (Å²) in [6, 6.07) is 3.96. The fourth-order valence-electron chi connectivity index (χ4n) is 1.12. The molecular weight excluding hydrogens is 246 g/mol. The minimum absolute atomic E-state index is 0. The molecule has 8 heteroatoms.